The summed E-state index contributed by atoms with van der Waals surface area (Å²) < 4.78 is 74.6. The van der Waals surface area contributed by atoms with Gasteiger partial charge in [-0.3, -0.25) is 23.5 Å². The van der Waals surface area contributed by atoms with Gasteiger partial charge in [0.1, 0.15) is 40.5 Å². The molecular formula is C60H58F5N11O5. The number of carboxylic acid groups (broad SMARTS) is 1. The third-order valence-electron chi connectivity index (χ3n) is 13.4. The van der Waals surface area contributed by atoms with Crippen molar-refractivity contribution >= 4 is 51.5 Å². The van der Waals surface area contributed by atoms with Gasteiger partial charge in [-0.1, -0.05) is 64.1 Å². The van der Waals surface area contributed by atoms with Crippen molar-refractivity contribution in [2.75, 3.05) is 68.3 Å². The van der Waals surface area contributed by atoms with E-state index in [0.29, 0.717) is 57.6 Å². The number of hydrogen-bond acceptors (Lipinski definition) is 12. The van der Waals surface area contributed by atoms with Crippen molar-refractivity contribution in [1.82, 2.24) is 38.9 Å². The number of fused-ring (bicyclic) bond motifs is 2. The summed E-state index contributed by atoms with van der Waals surface area (Å²) in [6, 6.07) is 30.2. The second kappa shape index (κ2) is 26.6. The fraction of sp³-hybridized carbons (Fsp3) is 0.233. The molecule has 0 bridgehead atoms. The van der Waals surface area contributed by atoms with Crippen LogP contribution in [0, 0.1) is 29.1 Å². The van der Waals surface area contributed by atoms with Gasteiger partial charge in [0.2, 0.25) is 11.9 Å². The van der Waals surface area contributed by atoms with Crippen LogP contribution in [-0.2, 0) is 0 Å². The number of benzene rings is 5. The molecular weight excluding hydrogens is 1050 g/mol. The summed E-state index contributed by atoms with van der Waals surface area (Å²) in [5.41, 5.74) is -0.0533. The normalized spacial score (nSPS) is 11.2. The van der Waals surface area contributed by atoms with Gasteiger partial charge in [0, 0.05) is 58.4 Å². The van der Waals surface area contributed by atoms with E-state index in [1.54, 1.807) is 36.4 Å². The Kier molecular flexibility index (Phi) is 19.1. The number of carbonyl (C=O) groups is 2. The molecule has 21 heteroatoms. The first-order chi connectivity index (χ1) is 39.1. The molecule has 0 aliphatic heterocycles. The summed E-state index contributed by atoms with van der Waals surface area (Å²) in [7, 11) is 0. The monoisotopic (exact) mass is 1110 g/mol. The molecule has 4 aromatic heterocycles. The zero-order chi connectivity index (χ0) is 57.7. The Bertz CT molecular complexity index is 3810. The van der Waals surface area contributed by atoms with Crippen molar-refractivity contribution in [1.29, 1.82) is 0 Å². The number of halogens is 5. The van der Waals surface area contributed by atoms with E-state index in [9.17, 15) is 46.2 Å². The first-order valence-electron chi connectivity index (χ1n) is 26.3. The highest BCUT2D eigenvalue weighted by atomic mass is 19.1. The van der Waals surface area contributed by atoms with Crippen LogP contribution in [0.3, 0.4) is 0 Å². The fourth-order valence-electron chi connectivity index (χ4n) is 9.09. The number of rotatable bonds is 21. The molecule has 418 valence electrons. The van der Waals surface area contributed by atoms with E-state index < -0.39 is 63.5 Å². The Balaban J connectivity index is 0.000000216. The SMILES string of the molecule is CCN(CC)CCCNc1nc(-c2cccc(C(=O)Nc3ccc(F)cc3)c2)c2ccc(=O)n(-c3c(F)cccc3F)c2n1.CCN(CC)CCCNc1nc(-c2cccc(C(=O)O)c2)c2ccc(=O)n(-c3c(F)cccc3F)c2n1. The van der Waals surface area contributed by atoms with Gasteiger partial charge in [0.25, 0.3) is 17.0 Å². The zero-order valence-corrected chi connectivity index (χ0v) is 44.8. The number of para-hydroxylation sites is 2. The van der Waals surface area contributed by atoms with E-state index >= 15 is 0 Å². The molecule has 81 heavy (non-hydrogen) atoms. The third kappa shape index (κ3) is 13.6. The zero-order valence-electron chi connectivity index (χ0n) is 44.8. The number of pyridine rings is 2. The van der Waals surface area contributed by atoms with E-state index in [2.05, 4.69) is 68.4 Å². The maximum atomic E-state index is 15.0. The van der Waals surface area contributed by atoms with Crippen molar-refractivity contribution in [3.63, 3.8) is 0 Å². The summed E-state index contributed by atoms with van der Waals surface area (Å²) >= 11 is 0. The molecule has 0 saturated heterocycles. The molecule has 0 aliphatic rings. The molecule has 4 heterocycles. The summed E-state index contributed by atoms with van der Waals surface area (Å²) in [4.78, 5) is 73.5. The van der Waals surface area contributed by atoms with Crippen LogP contribution in [0.15, 0.2) is 143 Å². The Hall–Kier alpha value is -9.21. The Morgan fingerprint density at radius 2 is 0.926 bits per heavy atom. The number of carbonyl (C=O) groups excluding carboxylic acids is 1. The van der Waals surface area contributed by atoms with Crippen LogP contribution in [0.25, 0.3) is 56.0 Å². The lowest BCUT2D eigenvalue weighted by Gasteiger charge is -2.18. The van der Waals surface area contributed by atoms with Crippen LogP contribution in [-0.4, -0.2) is 108 Å². The highest BCUT2D eigenvalue weighted by molar-refractivity contribution is 6.05. The number of aromatic carboxylic acids is 1. The van der Waals surface area contributed by atoms with Crippen molar-refractivity contribution in [3.8, 4) is 33.9 Å². The molecule has 0 fully saturated rings. The predicted octanol–water partition coefficient (Wildman–Crippen LogP) is 10.8. The molecule has 5 aromatic carbocycles. The average Bonchev–Trinajstić information content (AvgIpc) is 3.42. The predicted molar refractivity (Wildman–Crippen MR) is 304 cm³/mol. The Morgan fingerprint density at radius 3 is 1.35 bits per heavy atom. The molecule has 9 aromatic rings. The molecule has 0 saturated carbocycles. The van der Waals surface area contributed by atoms with Crippen LogP contribution in [0.4, 0.5) is 39.5 Å². The maximum Gasteiger partial charge on any atom is 0.335 e. The van der Waals surface area contributed by atoms with Crippen molar-refractivity contribution in [3.05, 3.63) is 194 Å². The smallest absolute Gasteiger partial charge is 0.335 e. The lowest BCUT2D eigenvalue weighted by atomic mass is 10.0. The minimum Gasteiger partial charge on any atom is -0.478 e. The molecule has 0 atom stereocenters. The number of aromatic nitrogens is 6. The number of carboxylic acids is 1. The van der Waals surface area contributed by atoms with Crippen LogP contribution < -0.4 is 27.1 Å². The van der Waals surface area contributed by atoms with Gasteiger partial charge < -0.3 is 30.9 Å². The van der Waals surface area contributed by atoms with E-state index in [4.69, 9.17) is 4.98 Å². The highest BCUT2D eigenvalue weighted by Crippen LogP contribution is 2.32. The molecule has 0 spiro atoms. The summed E-state index contributed by atoms with van der Waals surface area (Å²) in [6.07, 6.45) is 1.57. The fourth-order valence-corrected chi connectivity index (χ4v) is 9.09. The standard InChI is InChI=1S/C33H31F3N6O2.C27H27F2N5O3/c1-3-41(4-2)19-7-18-37-33-39-29(21-8-5-9-22(20-21)32(44)38-24-14-12-23(34)13-15-24)25-16-17-28(43)42(31(25)40-33)30-26(35)10-6-11-27(30)36;1-3-33(4-2)15-7-14-30-27-31-23(17-8-5-9-18(16-17)26(36)37)19-12-13-22(35)34(25(19)32-27)24-20(28)10-6-11-21(24)29/h5-6,8-17,20H,3-4,7,18-19H2,1-2H3,(H,38,44)(H,37,39,40);5-6,8-13,16H,3-4,7,14-15H2,1-2H3,(H,36,37)(H,30,31,32). The summed E-state index contributed by atoms with van der Waals surface area (Å²) in [6.45, 7) is 14.7. The van der Waals surface area contributed by atoms with Crippen LogP contribution >= 0.6 is 0 Å². The minimum absolute atomic E-state index is 0.00101. The maximum absolute atomic E-state index is 15.0. The molecule has 0 unspecified atom stereocenters. The van der Waals surface area contributed by atoms with Crippen molar-refractivity contribution < 1.29 is 36.6 Å². The largest absolute Gasteiger partial charge is 0.478 e. The number of nitrogens with zero attached hydrogens (tertiary/aromatic N) is 8. The number of hydrogen-bond donors (Lipinski definition) is 4. The van der Waals surface area contributed by atoms with E-state index in [1.165, 1.54) is 72.8 Å². The first kappa shape index (κ1) is 58.0. The van der Waals surface area contributed by atoms with Gasteiger partial charge in [0.05, 0.1) is 17.0 Å². The average molecular weight is 1110 g/mol. The van der Waals surface area contributed by atoms with Gasteiger partial charge in [0.15, 0.2) is 11.3 Å². The van der Waals surface area contributed by atoms with Gasteiger partial charge >= 0.3 is 5.97 Å². The van der Waals surface area contributed by atoms with Crippen LogP contribution in [0.5, 0.6) is 0 Å². The number of anilines is 3. The quantitative estimate of drug-likeness (QED) is 0.0393. The molecule has 0 radical (unpaired) electrons. The van der Waals surface area contributed by atoms with E-state index in [-0.39, 0.29) is 28.8 Å². The van der Waals surface area contributed by atoms with Crippen LogP contribution in [0.1, 0.15) is 61.3 Å². The second-order valence-electron chi connectivity index (χ2n) is 18.5. The summed E-state index contributed by atoms with van der Waals surface area (Å²) in [5.74, 6) is -5.35. The minimum atomic E-state index is -1.11. The molecule has 1 amide bonds. The number of nitrogens with one attached hydrogen (secondary N) is 3. The van der Waals surface area contributed by atoms with E-state index in [0.717, 1.165) is 85.5 Å². The van der Waals surface area contributed by atoms with Crippen molar-refractivity contribution in [2.45, 2.75) is 40.5 Å². The second-order valence-corrected chi connectivity index (χ2v) is 18.5. The first-order valence-corrected chi connectivity index (χ1v) is 26.3. The van der Waals surface area contributed by atoms with E-state index in [1.807, 2.05) is 0 Å². The van der Waals surface area contributed by atoms with Gasteiger partial charge in [-0.15, -0.1) is 0 Å². The van der Waals surface area contributed by atoms with Crippen LogP contribution in [0.2, 0.25) is 0 Å². The topological polar surface area (TPSA) is 192 Å². The lowest BCUT2D eigenvalue weighted by molar-refractivity contribution is 0.0696. The van der Waals surface area contributed by atoms with Crippen molar-refractivity contribution in [2.24, 2.45) is 0 Å². The summed E-state index contributed by atoms with van der Waals surface area (Å²) in [5, 5.41) is 19.2. The lowest BCUT2D eigenvalue weighted by Crippen LogP contribution is -2.25. The molecule has 9 rings (SSSR count). The third-order valence-corrected chi connectivity index (χ3v) is 13.4. The molecule has 16 nitrogen and oxygen atoms in total. The van der Waals surface area contributed by atoms with Gasteiger partial charge in [-0.05, 0) is 137 Å². The van der Waals surface area contributed by atoms with Gasteiger partial charge in [-0.2, -0.15) is 9.97 Å². The van der Waals surface area contributed by atoms with Gasteiger partial charge in [-0.25, -0.2) is 36.7 Å². The highest BCUT2D eigenvalue weighted by Gasteiger charge is 2.23. The number of amides is 1. The Morgan fingerprint density at radius 1 is 0.519 bits per heavy atom. The molecule has 0 aliphatic carbocycles. The molecule has 4 N–H and O–H groups in total. The Labute approximate surface area is 462 Å².